The zero-order valence-corrected chi connectivity index (χ0v) is 11.3. The molecule has 0 radical (unpaired) electrons. The van der Waals surface area contributed by atoms with E-state index >= 15 is 0 Å². The number of hydrogen-bond donors (Lipinski definition) is 1. The molecule has 0 aromatic carbocycles. The third-order valence-corrected chi connectivity index (χ3v) is 3.49. The lowest BCUT2D eigenvalue weighted by Crippen LogP contribution is -2.28. The molecule has 0 saturated carbocycles. The second kappa shape index (κ2) is 6.71. The van der Waals surface area contributed by atoms with Crippen LogP contribution < -0.4 is 0 Å². The van der Waals surface area contributed by atoms with E-state index in [0.717, 1.165) is 11.5 Å². The highest BCUT2D eigenvalue weighted by atomic mass is 32.2. The van der Waals surface area contributed by atoms with Gasteiger partial charge in [0, 0.05) is 12.3 Å². The number of carbonyl (C=O) groups excluding carboxylic acids is 1. The van der Waals surface area contributed by atoms with Crippen LogP contribution in [-0.2, 0) is 11.3 Å². The van der Waals surface area contributed by atoms with Crippen LogP contribution >= 0.6 is 11.8 Å². The van der Waals surface area contributed by atoms with E-state index in [4.69, 9.17) is 9.52 Å². The second-order valence-corrected chi connectivity index (χ2v) is 5.49. The Balaban J connectivity index is 2.36. The van der Waals surface area contributed by atoms with Gasteiger partial charge in [0.25, 0.3) is 0 Å². The van der Waals surface area contributed by atoms with E-state index in [1.807, 2.05) is 26.0 Å². The molecule has 17 heavy (non-hydrogen) atoms. The van der Waals surface area contributed by atoms with Crippen molar-refractivity contribution in [2.75, 3.05) is 19.4 Å². The lowest BCUT2D eigenvalue weighted by Gasteiger charge is -2.16. The fraction of sp³-hybridized carbons (Fsp3) is 0.583. The van der Waals surface area contributed by atoms with Crippen LogP contribution in [-0.4, -0.2) is 40.6 Å². The lowest BCUT2D eigenvalue weighted by atomic mass is 10.4. The van der Waals surface area contributed by atoms with E-state index < -0.39 is 0 Å². The summed E-state index contributed by atoms with van der Waals surface area (Å²) in [5, 5.41) is 8.96. The number of carbonyl (C=O) groups is 1. The van der Waals surface area contributed by atoms with Crippen molar-refractivity contribution in [3.63, 3.8) is 0 Å². The zero-order valence-electron chi connectivity index (χ0n) is 10.5. The predicted octanol–water partition coefficient (Wildman–Crippen LogP) is 1.66. The van der Waals surface area contributed by atoms with Crippen LogP contribution in [0.3, 0.4) is 0 Å². The Morgan fingerprint density at radius 1 is 1.59 bits per heavy atom. The molecule has 1 heterocycles. The third-order valence-electron chi connectivity index (χ3n) is 2.36. The molecular weight excluding hydrogens is 238 g/mol. The van der Waals surface area contributed by atoms with Crippen molar-refractivity contribution in [2.24, 2.45) is 0 Å². The van der Waals surface area contributed by atoms with Crippen molar-refractivity contribution in [2.45, 2.75) is 25.6 Å². The molecule has 1 aromatic rings. The summed E-state index contributed by atoms with van der Waals surface area (Å²) >= 11 is 1.46. The van der Waals surface area contributed by atoms with Gasteiger partial charge in [0.1, 0.15) is 11.5 Å². The fourth-order valence-electron chi connectivity index (χ4n) is 1.27. The molecule has 1 aromatic heterocycles. The largest absolute Gasteiger partial charge is 0.464 e. The molecule has 0 saturated heterocycles. The topological polar surface area (TPSA) is 53.7 Å². The first-order valence-corrected chi connectivity index (χ1v) is 6.59. The molecule has 1 atom stereocenters. The van der Waals surface area contributed by atoms with Crippen molar-refractivity contribution < 1.29 is 14.3 Å². The van der Waals surface area contributed by atoms with Crippen LogP contribution in [0, 0.1) is 6.92 Å². The normalized spacial score (nSPS) is 12.5. The quantitative estimate of drug-likeness (QED) is 0.842. The number of thioether (sulfide) groups is 1. The summed E-state index contributed by atoms with van der Waals surface area (Å²) in [5.74, 6) is 2.07. The third kappa shape index (κ3) is 4.83. The molecule has 0 aliphatic rings. The number of aryl methyl sites for hydroxylation is 1. The van der Waals surface area contributed by atoms with Crippen molar-refractivity contribution in [1.29, 1.82) is 0 Å². The molecule has 0 bridgehead atoms. The molecule has 0 spiro atoms. The van der Waals surface area contributed by atoms with Gasteiger partial charge < -0.3 is 14.4 Å². The molecule has 1 rings (SSSR count). The number of hydrogen-bond acceptors (Lipinski definition) is 4. The van der Waals surface area contributed by atoms with E-state index in [-0.39, 0.29) is 17.8 Å². The van der Waals surface area contributed by atoms with E-state index in [0.29, 0.717) is 12.3 Å². The standard InChI is InChI=1S/C12H19NO3S/c1-9-4-5-11(16-9)6-13(3)12(15)8-17-10(2)7-14/h4-5,10,14H,6-8H2,1-3H3. The summed E-state index contributed by atoms with van der Waals surface area (Å²) in [7, 11) is 1.75. The van der Waals surface area contributed by atoms with E-state index in [9.17, 15) is 4.79 Å². The number of rotatable bonds is 6. The number of aliphatic hydroxyl groups is 1. The van der Waals surface area contributed by atoms with Gasteiger partial charge in [-0.05, 0) is 19.1 Å². The molecule has 96 valence electrons. The predicted molar refractivity (Wildman–Crippen MR) is 68.9 cm³/mol. The van der Waals surface area contributed by atoms with Gasteiger partial charge in [-0.15, -0.1) is 11.8 Å². The van der Waals surface area contributed by atoms with Gasteiger partial charge in [-0.3, -0.25) is 4.79 Å². The summed E-state index contributed by atoms with van der Waals surface area (Å²) < 4.78 is 5.41. The maximum absolute atomic E-state index is 11.8. The summed E-state index contributed by atoms with van der Waals surface area (Å²) in [6.45, 7) is 4.36. The molecule has 1 unspecified atom stereocenters. The lowest BCUT2D eigenvalue weighted by molar-refractivity contribution is -0.127. The maximum atomic E-state index is 11.8. The average molecular weight is 257 g/mol. The van der Waals surface area contributed by atoms with Gasteiger partial charge in [0.15, 0.2) is 0 Å². The highest BCUT2D eigenvalue weighted by Gasteiger charge is 2.12. The first-order chi connectivity index (χ1) is 8.02. The van der Waals surface area contributed by atoms with Crippen molar-refractivity contribution in [3.05, 3.63) is 23.7 Å². The Morgan fingerprint density at radius 2 is 2.29 bits per heavy atom. The minimum absolute atomic E-state index is 0.0457. The van der Waals surface area contributed by atoms with Crippen LogP contribution in [0.2, 0.25) is 0 Å². The van der Waals surface area contributed by atoms with Gasteiger partial charge in [-0.25, -0.2) is 0 Å². The SMILES string of the molecule is Cc1ccc(CN(C)C(=O)CSC(C)CO)o1. The van der Waals surface area contributed by atoms with E-state index in [1.54, 1.807) is 11.9 Å². The molecule has 0 fully saturated rings. The van der Waals surface area contributed by atoms with Gasteiger partial charge in [0.2, 0.25) is 5.91 Å². The first kappa shape index (κ1) is 14.1. The minimum Gasteiger partial charge on any atom is -0.464 e. The van der Waals surface area contributed by atoms with Crippen LogP contribution in [0.5, 0.6) is 0 Å². The molecule has 4 nitrogen and oxygen atoms in total. The summed E-state index contributed by atoms with van der Waals surface area (Å²) in [4.78, 5) is 13.4. The van der Waals surface area contributed by atoms with Crippen molar-refractivity contribution in [3.8, 4) is 0 Å². The monoisotopic (exact) mass is 257 g/mol. The summed E-state index contributed by atoms with van der Waals surface area (Å²) in [6.07, 6.45) is 0. The fourth-order valence-corrected chi connectivity index (χ4v) is 2.02. The Labute approximate surface area is 106 Å². The first-order valence-electron chi connectivity index (χ1n) is 5.54. The van der Waals surface area contributed by atoms with Gasteiger partial charge in [-0.1, -0.05) is 6.92 Å². The highest BCUT2D eigenvalue weighted by Crippen LogP contribution is 2.12. The van der Waals surface area contributed by atoms with E-state index in [2.05, 4.69) is 0 Å². The number of furan rings is 1. The zero-order chi connectivity index (χ0) is 12.8. The van der Waals surface area contributed by atoms with Gasteiger partial charge >= 0.3 is 0 Å². The number of aliphatic hydroxyl groups excluding tert-OH is 1. The van der Waals surface area contributed by atoms with Gasteiger partial charge in [-0.2, -0.15) is 0 Å². The Morgan fingerprint density at radius 3 is 2.82 bits per heavy atom. The Bertz CT molecular complexity index is 364. The van der Waals surface area contributed by atoms with Crippen molar-refractivity contribution in [1.82, 2.24) is 4.90 Å². The molecule has 1 amide bonds. The summed E-state index contributed by atoms with van der Waals surface area (Å²) in [5.41, 5.74) is 0. The van der Waals surface area contributed by atoms with Gasteiger partial charge in [0.05, 0.1) is 18.9 Å². The van der Waals surface area contributed by atoms with E-state index in [1.165, 1.54) is 11.8 Å². The van der Waals surface area contributed by atoms with Crippen LogP contribution in [0.4, 0.5) is 0 Å². The van der Waals surface area contributed by atoms with Crippen LogP contribution in [0.1, 0.15) is 18.4 Å². The number of nitrogens with zero attached hydrogens (tertiary/aromatic N) is 1. The summed E-state index contributed by atoms with van der Waals surface area (Å²) in [6, 6.07) is 3.76. The second-order valence-electron chi connectivity index (χ2n) is 4.07. The molecule has 0 aliphatic heterocycles. The smallest absolute Gasteiger partial charge is 0.232 e. The minimum atomic E-state index is 0.0457. The van der Waals surface area contributed by atoms with Crippen LogP contribution in [0.15, 0.2) is 16.5 Å². The molecular formula is C12H19NO3S. The molecule has 0 aliphatic carbocycles. The Hall–Kier alpha value is -0.940. The maximum Gasteiger partial charge on any atom is 0.232 e. The Kier molecular flexibility index (Phi) is 5.58. The highest BCUT2D eigenvalue weighted by molar-refractivity contribution is 8.00. The molecule has 5 heteroatoms. The van der Waals surface area contributed by atoms with Crippen molar-refractivity contribution >= 4 is 17.7 Å². The number of amides is 1. The molecule has 1 N–H and O–H groups in total. The average Bonchev–Trinajstić information content (AvgIpc) is 2.70. The van der Waals surface area contributed by atoms with Crippen LogP contribution in [0.25, 0.3) is 0 Å².